The van der Waals surface area contributed by atoms with Gasteiger partial charge in [0.15, 0.2) is 0 Å². The normalized spacial score (nSPS) is 15.4. The van der Waals surface area contributed by atoms with Crippen LogP contribution in [0, 0.1) is 0 Å². The summed E-state index contributed by atoms with van der Waals surface area (Å²) in [4.78, 5) is 13.7. The molecule has 2 rings (SSSR count). The predicted octanol–water partition coefficient (Wildman–Crippen LogP) is 2.61. The summed E-state index contributed by atoms with van der Waals surface area (Å²) in [6.45, 7) is 5.08. The Balaban J connectivity index is 2.18. The van der Waals surface area contributed by atoms with E-state index in [0.29, 0.717) is 12.3 Å². The average Bonchev–Trinajstić information content (AvgIpc) is 2.47. The molecule has 0 aromatic heterocycles. The van der Waals surface area contributed by atoms with Gasteiger partial charge in [-0.05, 0) is 23.8 Å². The first-order chi connectivity index (χ1) is 9.24. The van der Waals surface area contributed by atoms with E-state index in [0.717, 1.165) is 43.2 Å². The zero-order chi connectivity index (χ0) is 13.7. The second kappa shape index (κ2) is 6.78. The van der Waals surface area contributed by atoms with Crippen LogP contribution < -0.4 is 10.2 Å². The molecular weight excluding hydrogens is 264 g/mol. The smallest absolute Gasteiger partial charge is 0.224 e. The zero-order valence-electron chi connectivity index (χ0n) is 11.1. The Kier molecular flexibility index (Phi) is 5.05. The van der Waals surface area contributed by atoms with Crippen molar-refractivity contribution in [1.82, 2.24) is 0 Å². The number of nitrogens with zero attached hydrogens (tertiary/aromatic N) is 1. The standard InChI is InChI=1S/C14H19ClN2O2/c1-2-14(18)16-12-3-4-13(11(9-12)10-15)17-5-7-19-8-6-17/h3-4,9H,2,5-8,10H2,1H3,(H,16,18). The van der Waals surface area contributed by atoms with Crippen molar-refractivity contribution in [2.24, 2.45) is 0 Å². The average molecular weight is 283 g/mol. The van der Waals surface area contributed by atoms with Crippen molar-refractivity contribution >= 4 is 28.9 Å². The minimum absolute atomic E-state index is 0.0136. The Morgan fingerprint density at radius 2 is 2.16 bits per heavy atom. The summed E-state index contributed by atoms with van der Waals surface area (Å²) in [5.41, 5.74) is 2.98. The third kappa shape index (κ3) is 3.61. The van der Waals surface area contributed by atoms with Crippen molar-refractivity contribution < 1.29 is 9.53 Å². The second-order valence-electron chi connectivity index (χ2n) is 4.48. The molecule has 1 aromatic rings. The molecule has 0 atom stereocenters. The predicted molar refractivity (Wildman–Crippen MR) is 78.0 cm³/mol. The van der Waals surface area contributed by atoms with Crippen LogP contribution in [0.4, 0.5) is 11.4 Å². The van der Waals surface area contributed by atoms with Crippen LogP contribution in [0.1, 0.15) is 18.9 Å². The molecule has 1 N–H and O–H groups in total. The van der Waals surface area contributed by atoms with Gasteiger partial charge in [0.05, 0.1) is 13.2 Å². The van der Waals surface area contributed by atoms with E-state index in [1.165, 1.54) is 0 Å². The highest BCUT2D eigenvalue weighted by molar-refractivity contribution is 6.17. The molecule has 1 amide bonds. The number of carbonyl (C=O) groups excluding carboxylic acids is 1. The number of benzene rings is 1. The molecule has 0 unspecified atom stereocenters. The molecule has 1 fully saturated rings. The third-order valence-corrected chi connectivity index (χ3v) is 3.47. The molecule has 19 heavy (non-hydrogen) atoms. The fourth-order valence-corrected chi connectivity index (χ4v) is 2.35. The van der Waals surface area contributed by atoms with Gasteiger partial charge in [0.2, 0.25) is 5.91 Å². The van der Waals surface area contributed by atoms with Gasteiger partial charge in [0, 0.05) is 36.8 Å². The number of nitrogens with one attached hydrogen (secondary N) is 1. The highest BCUT2D eigenvalue weighted by Crippen LogP contribution is 2.26. The molecule has 0 radical (unpaired) electrons. The van der Waals surface area contributed by atoms with Gasteiger partial charge in [-0.3, -0.25) is 4.79 Å². The lowest BCUT2D eigenvalue weighted by atomic mass is 10.1. The molecule has 0 bridgehead atoms. The lowest BCUT2D eigenvalue weighted by Gasteiger charge is -2.30. The van der Waals surface area contributed by atoms with Gasteiger partial charge in [-0.25, -0.2) is 0 Å². The first-order valence-corrected chi connectivity index (χ1v) is 7.09. The first-order valence-electron chi connectivity index (χ1n) is 6.56. The second-order valence-corrected chi connectivity index (χ2v) is 4.75. The van der Waals surface area contributed by atoms with Crippen LogP contribution in [0.3, 0.4) is 0 Å². The molecule has 1 saturated heterocycles. The van der Waals surface area contributed by atoms with E-state index < -0.39 is 0 Å². The molecule has 104 valence electrons. The summed E-state index contributed by atoms with van der Waals surface area (Å²) in [5.74, 6) is 0.447. The Bertz CT molecular complexity index is 445. The van der Waals surface area contributed by atoms with Crippen molar-refractivity contribution in [3.8, 4) is 0 Å². The number of rotatable bonds is 4. The number of hydrogen-bond acceptors (Lipinski definition) is 3. The monoisotopic (exact) mass is 282 g/mol. The first kappa shape index (κ1) is 14.2. The summed E-state index contributed by atoms with van der Waals surface area (Å²) < 4.78 is 5.35. The number of anilines is 2. The molecule has 0 saturated carbocycles. The van der Waals surface area contributed by atoms with E-state index >= 15 is 0 Å². The summed E-state index contributed by atoms with van der Waals surface area (Å²) in [6.07, 6.45) is 0.474. The summed E-state index contributed by atoms with van der Waals surface area (Å²) in [6, 6.07) is 5.90. The number of morpholine rings is 1. The summed E-state index contributed by atoms with van der Waals surface area (Å²) in [5, 5.41) is 2.86. The van der Waals surface area contributed by atoms with Crippen molar-refractivity contribution in [3.05, 3.63) is 23.8 Å². The van der Waals surface area contributed by atoms with Crippen LogP contribution in [0.2, 0.25) is 0 Å². The van der Waals surface area contributed by atoms with Gasteiger partial charge in [0.1, 0.15) is 0 Å². The SMILES string of the molecule is CCC(=O)Nc1ccc(N2CCOCC2)c(CCl)c1. The third-order valence-electron chi connectivity index (χ3n) is 3.18. The van der Waals surface area contributed by atoms with E-state index in [1.54, 1.807) is 0 Å². The van der Waals surface area contributed by atoms with Crippen molar-refractivity contribution in [1.29, 1.82) is 0 Å². The number of ether oxygens (including phenoxy) is 1. The molecule has 4 nitrogen and oxygen atoms in total. The lowest BCUT2D eigenvalue weighted by Crippen LogP contribution is -2.36. The maximum Gasteiger partial charge on any atom is 0.224 e. The highest BCUT2D eigenvalue weighted by atomic mass is 35.5. The lowest BCUT2D eigenvalue weighted by molar-refractivity contribution is -0.115. The number of amides is 1. The van der Waals surface area contributed by atoms with Crippen molar-refractivity contribution in [2.75, 3.05) is 36.5 Å². The van der Waals surface area contributed by atoms with Gasteiger partial charge in [-0.15, -0.1) is 11.6 Å². The van der Waals surface area contributed by atoms with Gasteiger partial charge >= 0.3 is 0 Å². The van der Waals surface area contributed by atoms with Crippen molar-refractivity contribution in [3.63, 3.8) is 0 Å². The Morgan fingerprint density at radius 1 is 1.42 bits per heavy atom. The number of carbonyl (C=O) groups is 1. The van der Waals surface area contributed by atoms with Gasteiger partial charge in [-0.1, -0.05) is 6.92 Å². The van der Waals surface area contributed by atoms with Crippen LogP contribution in [0.15, 0.2) is 18.2 Å². The molecular formula is C14H19ClN2O2. The summed E-state index contributed by atoms with van der Waals surface area (Å²) in [7, 11) is 0. The van der Waals surface area contributed by atoms with Crippen LogP contribution in [-0.4, -0.2) is 32.2 Å². The molecule has 1 heterocycles. The van der Waals surface area contributed by atoms with Crippen LogP contribution in [0.25, 0.3) is 0 Å². The molecule has 0 spiro atoms. The number of alkyl halides is 1. The zero-order valence-corrected chi connectivity index (χ0v) is 11.9. The number of hydrogen-bond donors (Lipinski definition) is 1. The Morgan fingerprint density at radius 3 is 2.79 bits per heavy atom. The fraction of sp³-hybridized carbons (Fsp3) is 0.500. The van der Waals surface area contributed by atoms with Crippen LogP contribution in [0.5, 0.6) is 0 Å². The molecule has 1 aromatic carbocycles. The van der Waals surface area contributed by atoms with E-state index in [2.05, 4.69) is 10.2 Å². The van der Waals surface area contributed by atoms with Crippen LogP contribution >= 0.6 is 11.6 Å². The molecule has 1 aliphatic rings. The summed E-state index contributed by atoms with van der Waals surface area (Å²) >= 11 is 6.02. The van der Waals surface area contributed by atoms with Gasteiger partial charge < -0.3 is 15.0 Å². The van der Waals surface area contributed by atoms with Gasteiger partial charge in [0.25, 0.3) is 0 Å². The maximum atomic E-state index is 11.4. The molecule has 1 aliphatic heterocycles. The molecule has 0 aliphatic carbocycles. The quantitative estimate of drug-likeness (QED) is 0.863. The number of halogens is 1. The fourth-order valence-electron chi connectivity index (χ4n) is 2.13. The minimum Gasteiger partial charge on any atom is -0.378 e. The van der Waals surface area contributed by atoms with E-state index in [4.69, 9.17) is 16.3 Å². The van der Waals surface area contributed by atoms with E-state index in [1.807, 2.05) is 25.1 Å². The Hall–Kier alpha value is -1.26. The van der Waals surface area contributed by atoms with Crippen molar-refractivity contribution in [2.45, 2.75) is 19.2 Å². The Labute approximate surface area is 118 Å². The van der Waals surface area contributed by atoms with Gasteiger partial charge in [-0.2, -0.15) is 0 Å². The molecule has 5 heteroatoms. The highest BCUT2D eigenvalue weighted by Gasteiger charge is 2.15. The maximum absolute atomic E-state index is 11.4. The largest absolute Gasteiger partial charge is 0.378 e. The minimum atomic E-state index is 0.0136. The van der Waals surface area contributed by atoms with Crippen LogP contribution in [-0.2, 0) is 15.4 Å². The topological polar surface area (TPSA) is 41.6 Å². The van der Waals surface area contributed by atoms with E-state index in [9.17, 15) is 4.79 Å². The van der Waals surface area contributed by atoms with E-state index in [-0.39, 0.29) is 5.91 Å².